The van der Waals surface area contributed by atoms with E-state index in [0.717, 1.165) is 0 Å². The molecule has 0 aliphatic carbocycles. The second-order valence-electron chi connectivity index (χ2n) is 4.43. The first-order valence-corrected chi connectivity index (χ1v) is 7.12. The average molecular weight is 343 g/mol. The van der Waals surface area contributed by atoms with E-state index in [-0.39, 0.29) is 5.56 Å². The molecule has 2 N–H and O–H groups in total. The van der Waals surface area contributed by atoms with E-state index in [1.165, 1.54) is 0 Å². The number of anilines is 1. The number of aliphatic hydroxyl groups is 1. The molecule has 9 heteroatoms. The highest BCUT2D eigenvalue weighted by molar-refractivity contribution is 6.68. The van der Waals surface area contributed by atoms with Gasteiger partial charge < -0.3 is 14.7 Å². The lowest BCUT2D eigenvalue weighted by atomic mass is 10.1. The van der Waals surface area contributed by atoms with Crippen molar-refractivity contribution in [2.75, 3.05) is 31.2 Å². The summed E-state index contributed by atoms with van der Waals surface area (Å²) in [5.74, 6) is 0.427. The van der Waals surface area contributed by atoms with Gasteiger partial charge in [0.2, 0.25) is 9.74 Å². The number of morpholine rings is 1. The maximum atomic E-state index is 12.1. The summed E-state index contributed by atoms with van der Waals surface area (Å²) in [5.41, 5.74) is -0.228. The molecule has 0 unspecified atom stereocenters. The van der Waals surface area contributed by atoms with Crippen molar-refractivity contribution in [3.05, 3.63) is 21.6 Å². The molecule has 0 bridgehead atoms. The number of aliphatic hydroxyl groups excluding tert-OH is 1. The maximum Gasteiger partial charge on any atom is 0.258 e. The zero-order valence-electron chi connectivity index (χ0n) is 10.7. The summed E-state index contributed by atoms with van der Waals surface area (Å²) in [6.45, 7) is 4.00. The smallest absolute Gasteiger partial charge is 0.258 e. The summed E-state index contributed by atoms with van der Waals surface area (Å²) in [6.07, 6.45) is -1.54. The molecule has 2 rings (SSSR count). The van der Waals surface area contributed by atoms with Gasteiger partial charge in [0.15, 0.2) is 0 Å². The van der Waals surface area contributed by atoms with Gasteiger partial charge >= 0.3 is 0 Å². The van der Waals surface area contributed by atoms with Crippen LogP contribution < -0.4 is 10.5 Å². The van der Waals surface area contributed by atoms with Gasteiger partial charge in [-0.2, -0.15) is 0 Å². The lowest BCUT2D eigenvalue weighted by Gasteiger charge is -2.28. The number of ether oxygens (including phenoxy) is 1. The number of H-pyrrole nitrogens is 1. The highest BCUT2D eigenvalue weighted by Gasteiger charge is 2.35. The van der Waals surface area contributed by atoms with E-state index in [2.05, 4.69) is 9.97 Å². The van der Waals surface area contributed by atoms with Crippen molar-refractivity contribution >= 4 is 40.8 Å². The fourth-order valence-corrected chi connectivity index (χ4v) is 2.32. The third kappa shape index (κ3) is 3.38. The van der Waals surface area contributed by atoms with Crippen molar-refractivity contribution in [2.45, 2.75) is 16.8 Å². The normalized spacial score (nSPS) is 18.1. The van der Waals surface area contributed by atoms with Gasteiger partial charge in [-0.1, -0.05) is 34.8 Å². The van der Waals surface area contributed by atoms with E-state index in [0.29, 0.717) is 37.9 Å². The Kier molecular flexibility index (Phi) is 4.81. The van der Waals surface area contributed by atoms with Gasteiger partial charge in [0.25, 0.3) is 5.56 Å². The van der Waals surface area contributed by atoms with Crippen LogP contribution in [-0.2, 0) is 4.74 Å². The predicted molar refractivity (Wildman–Crippen MR) is 77.9 cm³/mol. The van der Waals surface area contributed by atoms with Gasteiger partial charge in [-0.25, -0.2) is 4.98 Å². The maximum absolute atomic E-state index is 12.1. The molecule has 0 aromatic carbocycles. The molecule has 2 heterocycles. The number of aryl methyl sites for hydroxylation is 1. The van der Waals surface area contributed by atoms with E-state index in [1.807, 2.05) is 4.90 Å². The number of hydrogen-bond acceptors (Lipinski definition) is 5. The van der Waals surface area contributed by atoms with Crippen LogP contribution in [0, 0.1) is 6.92 Å². The molecule has 0 radical (unpaired) electrons. The number of nitrogens with one attached hydrogen (secondary N) is 1. The van der Waals surface area contributed by atoms with Crippen molar-refractivity contribution in [3.63, 3.8) is 0 Å². The van der Waals surface area contributed by atoms with E-state index in [1.54, 1.807) is 6.92 Å². The number of hydrogen-bond donors (Lipinski definition) is 2. The first-order chi connectivity index (χ1) is 9.30. The van der Waals surface area contributed by atoms with E-state index in [4.69, 9.17) is 39.5 Å². The van der Waals surface area contributed by atoms with E-state index >= 15 is 0 Å². The Morgan fingerprint density at radius 2 is 2.00 bits per heavy atom. The Hall–Kier alpha value is -0.530. The minimum atomic E-state index is -1.99. The van der Waals surface area contributed by atoms with Crippen LogP contribution in [0.15, 0.2) is 4.79 Å². The molecule has 1 fully saturated rings. The Bertz CT molecular complexity index is 538. The Balaban J connectivity index is 2.36. The van der Waals surface area contributed by atoms with Crippen molar-refractivity contribution < 1.29 is 9.84 Å². The topological polar surface area (TPSA) is 78.5 Å². The van der Waals surface area contributed by atoms with Crippen LogP contribution in [0.25, 0.3) is 0 Å². The van der Waals surface area contributed by atoms with Crippen LogP contribution in [0.4, 0.5) is 5.95 Å². The minimum Gasteiger partial charge on any atom is -0.384 e. The largest absolute Gasteiger partial charge is 0.384 e. The lowest BCUT2D eigenvalue weighted by molar-refractivity contribution is 0.122. The summed E-state index contributed by atoms with van der Waals surface area (Å²) in [5, 5.41) is 9.93. The average Bonchev–Trinajstić information content (AvgIpc) is 2.37. The number of aromatic nitrogens is 2. The number of rotatable bonds is 2. The minimum absolute atomic E-state index is 0.0398. The fraction of sp³-hybridized carbons (Fsp3) is 0.636. The Morgan fingerprint density at radius 3 is 2.50 bits per heavy atom. The molecule has 1 aliphatic heterocycles. The van der Waals surface area contributed by atoms with Gasteiger partial charge in [-0.15, -0.1) is 0 Å². The van der Waals surface area contributed by atoms with Gasteiger partial charge in [-0.05, 0) is 6.92 Å². The van der Waals surface area contributed by atoms with Crippen LogP contribution in [0.5, 0.6) is 0 Å². The van der Waals surface area contributed by atoms with Gasteiger partial charge in [0.1, 0.15) is 6.10 Å². The van der Waals surface area contributed by atoms with Crippen molar-refractivity contribution in [1.82, 2.24) is 9.97 Å². The summed E-state index contributed by atoms with van der Waals surface area (Å²) in [4.78, 5) is 20.9. The second-order valence-corrected chi connectivity index (χ2v) is 6.80. The second kappa shape index (κ2) is 6.07. The van der Waals surface area contributed by atoms with Crippen LogP contribution >= 0.6 is 34.8 Å². The zero-order chi connectivity index (χ0) is 14.9. The highest BCUT2D eigenvalue weighted by Crippen LogP contribution is 2.39. The number of alkyl halides is 3. The van der Waals surface area contributed by atoms with Crippen LogP contribution in [-0.4, -0.2) is 45.2 Å². The molecule has 1 aromatic heterocycles. The molecular formula is C11H14Cl3N3O3. The van der Waals surface area contributed by atoms with Crippen molar-refractivity contribution in [3.8, 4) is 0 Å². The first-order valence-electron chi connectivity index (χ1n) is 5.99. The van der Waals surface area contributed by atoms with Gasteiger partial charge in [0, 0.05) is 13.1 Å². The molecule has 6 nitrogen and oxygen atoms in total. The summed E-state index contributed by atoms with van der Waals surface area (Å²) >= 11 is 16.9. The molecule has 20 heavy (non-hydrogen) atoms. The molecule has 1 atom stereocenters. The lowest BCUT2D eigenvalue weighted by Crippen LogP contribution is -2.39. The third-order valence-corrected chi connectivity index (χ3v) is 3.65. The SMILES string of the molecule is Cc1nc(N2CCOCC2)[nH]c(=O)c1[C@H](O)C(Cl)(Cl)Cl. The molecule has 1 aromatic rings. The molecular weight excluding hydrogens is 328 g/mol. The quantitative estimate of drug-likeness (QED) is 0.793. The summed E-state index contributed by atoms with van der Waals surface area (Å²) in [6, 6.07) is 0. The van der Waals surface area contributed by atoms with Gasteiger partial charge in [-0.3, -0.25) is 9.78 Å². The Morgan fingerprint density at radius 1 is 1.40 bits per heavy atom. The number of halogens is 3. The van der Waals surface area contributed by atoms with Crippen molar-refractivity contribution in [1.29, 1.82) is 0 Å². The highest BCUT2D eigenvalue weighted by atomic mass is 35.6. The van der Waals surface area contributed by atoms with Gasteiger partial charge in [0.05, 0.1) is 24.5 Å². The van der Waals surface area contributed by atoms with Crippen LogP contribution in [0.3, 0.4) is 0 Å². The molecule has 1 saturated heterocycles. The fourth-order valence-electron chi connectivity index (χ4n) is 1.99. The van der Waals surface area contributed by atoms with Crippen molar-refractivity contribution in [2.24, 2.45) is 0 Å². The van der Waals surface area contributed by atoms with E-state index < -0.39 is 15.5 Å². The first kappa shape index (κ1) is 15.9. The molecule has 1 aliphatic rings. The molecule has 112 valence electrons. The summed E-state index contributed by atoms with van der Waals surface area (Å²) in [7, 11) is 0. The molecule has 0 amide bonds. The molecule has 0 saturated carbocycles. The predicted octanol–water partition coefficient (Wildman–Crippen LogP) is 1.32. The van der Waals surface area contributed by atoms with Crippen LogP contribution in [0.1, 0.15) is 17.4 Å². The number of nitrogens with zero attached hydrogens (tertiary/aromatic N) is 2. The standard InChI is InChI=1S/C11H14Cl3N3O3/c1-6-7(8(18)11(12,13)14)9(19)16-10(15-6)17-2-4-20-5-3-17/h8,18H,2-5H2,1H3,(H,15,16,19)/t8-/m0/s1. The van der Waals surface area contributed by atoms with E-state index in [9.17, 15) is 9.90 Å². The Labute approximate surface area is 130 Å². The summed E-state index contributed by atoms with van der Waals surface area (Å²) < 4.78 is 3.25. The zero-order valence-corrected chi connectivity index (χ0v) is 13.0. The molecule has 0 spiro atoms. The monoisotopic (exact) mass is 341 g/mol. The third-order valence-electron chi connectivity index (χ3n) is 3.03. The number of aromatic amines is 1. The van der Waals surface area contributed by atoms with Crippen LogP contribution in [0.2, 0.25) is 0 Å².